The van der Waals surface area contributed by atoms with Gasteiger partial charge in [-0.3, -0.25) is 4.79 Å². The van der Waals surface area contributed by atoms with Gasteiger partial charge in [-0.1, -0.05) is 0 Å². The lowest BCUT2D eigenvalue weighted by atomic mass is 10.2. The molecular formula is C8H10N2O2. The van der Waals surface area contributed by atoms with Gasteiger partial charge in [0.1, 0.15) is 5.56 Å². The zero-order valence-corrected chi connectivity index (χ0v) is 6.78. The van der Waals surface area contributed by atoms with E-state index in [1.807, 2.05) is 6.92 Å². The molecule has 0 unspecified atom stereocenters. The predicted octanol–water partition coefficient (Wildman–Crippen LogP) is 0.579. The molecule has 0 saturated carbocycles. The second-order valence-corrected chi connectivity index (χ2v) is 2.15. The molecule has 0 radical (unpaired) electrons. The second-order valence-electron chi connectivity index (χ2n) is 2.15. The molecule has 1 rings (SSSR count). The number of ether oxygens (including phenoxy) is 1. The molecule has 4 nitrogen and oxygen atoms in total. The van der Waals surface area contributed by atoms with E-state index >= 15 is 0 Å². The first kappa shape index (κ1) is 8.52. The minimum atomic E-state index is -0.522. The molecule has 0 aliphatic heterocycles. The molecule has 2 N–H and O–H groups in total. The zero-order valence-electron chi connectivity index (χ0n) is 6.78. The molecule has 12 heavy (non-hydrogen) atoms. The summed E-state index contributed by atoms with van der Waals surface area (Å²) in [4.78, 5) is 14.7. The topological polar surface area (TPSA) is 65.2 Å². The molecule has 0 spiro atoms. The molecule has 4 heteroatoms. The fourth-order valence-electron chi connectivity index (χ4n) is 0.830. The number of amides is 1. The fraction of sp³-hybridized carbons (Fsp3) is 0.250. The van der Waals surface area contributed by atoms with Crippen molar-refractivity contribution in [2.45, 2.75) is 6.92 Å². The molecular weight excluding hydrogens is 156 g/mol. The summed E-state index contributed by atoms with van der Waals surface area (Å²) in [7, 11) is 0. The van der Waals surface area contributed by atoms with Gasteiger partial charge < -0.3 is 10.5 Å². The van der Waals surface area contributed by atoms with Crippen LogP contribution in [0.2, 0.25) is 0 Å². The Balaban J connectivity index is 3.00. The van der Waals surface area contributed by atoms with Crippen LogP contribution in [0.4, 0.5) is 0 Å². The van der Waals surface area contributed by atoms with E-state index in [0.29, 0.717) is 18.1 Å². The third-order valence-corrected chi connectivity index (χ3v) is 1.32. The molecule has 1 aromatic rings. The van der Waals surface area contributed by atoms with Crippen LogP contribution in [-0.2, 0) is 0 Å². The van der Waals surface area contributed by atoms with Gasteiger partial charge in [0.2, 0.25) is 5.88 Å². The Kier molecular flexibility index (Phi) is 2.63. The van der Waals surface area contributed by atoms with E-state index in [9.17, 15) is 4.79 Å². The first-order valence-electron chi connectivity index (χ1n) is 3.63. The van der Waals surface area contributed by atoms with Crippen LogP contribution in [0.1, 0.15) is 17.3 Å². The van der Waals surface area contributed by atoms with Crippen molar-refractivity contribution in [1.29, 1.82) is 0 Å². The second kappa shape index (κ2) is 3.71. The highest BCUT2D eigenvalue weighted by Gasteiger charge is 2.08. The van der Waals surface area contributed by atoms with Crippen LogP contribution in [0.3, 0.4) is 0 Å². The Morgan fingerprint density at radius 3 is 3.08 bits per heavy atom. The molecule has 1 aromatic heterocycles. The summed E-state index contributed by atoms with van der Waals surface area (Å²) >= 11 is 0. The van der Waals surface area contributed by atoms with Crippen molar-refractivity contribution in [3.63, 3.8) is 0 Å². The van der Waals surface area contributed by atoms with Gasteiger partial charge in [-0.15, -0.1) is 0 Å². The monoisotopic (exact) mass is 166 g/mol. The summed E-state index contributed by atoms with van der Waals surface area (Å²) in [6, 6.07) is 3.23. The van der Waals surface area contributed by atoms with E-state index in [1.54, 1.807) is 18.3 Å². The van der Waals surface area contributed by atoms with Crippen LogP contribution in [-0.4, -0.2) is 17.5 Å². The number of aromatic nitrogens is 1. The van der Waals surface area contributed by atoms with Crippen molar-refractivity contribution in [3.8, 4) is 5.88 Å². The van der Waals surface area contributed by atoms with Gasteiger partial charge in [-0.25, -0.2) is 4.98 Å². The van der Waals surface area contributed by atoms with Gasteiger partial charge in [0.25, 0.3) is 5.91 Å². The Morgan fingerprint density at radius 2 is 2.50 bits per heavy atom. The van der Waals surface area contributed by atoms with E-state index in [1.165, 1.54) is 0 Å². The number of primary amides is 1. The average Bonchev–Trinajstić information content (AvgIpc) is 2.05. The Hall–Kier alpha value is -1.58. The SMILES string of the molecule is CCOc1ncccc1C(N)=O. The van der Waals surface area contributed by atoms with Crippen molar-refractivity contribution in [2.75, 3.05) is 6.61 Å². The van der Waals surface area contributed by atoms with Crippen molar-refractivity contribution in [2.24, 2.45) is 5.73 Å². The number of hydrogen-bond donors (Lipinski definition) is 1. The van der Waals surface area contributed by atoms with Crippen molar-refractivity contribution in [3.05, 3.63) is 23.9 Å². The summed E-state index contributed by atoms with van der Waals surface area (Å²) in [5, 5.41) is 0. The van der Waals surface area contributed by atoms with E-state index < -0.39 is 5.91 Å². The first-order valence-corrected chi connectivity index (χ1v) is 3.63. The molecule has 1 heterocycles. The largest absolute Gasteiger partial charge is 0.477 e. The highest BCUT2D eigenvalue weighted by atomic mass is 16.5. The number of carbonyl (C=O) groups excluding carboxylic acids is 1. The van der Waals surface area contributed by atoms with Gasteiger partial charge in [-0.05, 0) is 19.1 Å². The number of nitrogens with zero attached hydrogens (tertiary/aromatic N) is 1. The molecule has 0 fully saturated rings. The van der Waals surface area contributed by atoms with E-state index in [0.717, 1.165) is 0 Å². The van der Waals surface area contributed by atoms with Gasteiger partial charge in [0, 0.05) is 6.20 Å². The van der Waals surface area contributed by atoms with Gasteiger partial charge >= 0.3 is 0 Å². The standard InChI is InChI=1S/C8H10N2O2/c1-2-12-8-6(7(9)11)4-3-5-10-8/h3-5H,2H2,1H3,(H2,9,11). The normalized spacial score (nSPS) is 9.42. The number of hydrogen-bond acceptors (Lipinski definition) is 3. The van der Waals surface area contributed by atoms with Crippen LogP contribution < -0.4 is 10.5 Å². The Labute approximate surface area is 70.4 Å². The minimum absolute atomic E-state index is 0.299. The molecule has 64 valence electrons. The summed E-state index contributed by atoms with van der Waals surface area (Å²) in [6.45, 7) is 2.29. The minimum Gasteiger partial charge on any atom is -0.477 e. The van der Waals surface area contributed by atoms with Crippen molar-refractivity contribution >= 4 is 5.91 Å². The van der Waals surface area contributed by atoms with Crippen LogP contribution in [0.15, 0.2) is 18.3 Å². The van der Waals surface area contributed by atoms with Crippen LogP contribution in [0.25, 0.3) is 0 Å². The smallest absolute Gasteiger partial charge is 0.254 e. The van der Waals surface area contributed by atoms with Crippen LogP contribution in [0.5, 0.6) is 5.88 Å². The number of nitrogens with two attached hydrogens (primary N) is 1. The van der Waals surface area contributed by atoms with Gasteiger partial charge in [0.15, 0.2) is 0 Å². The lowest BCUT2D eigenvalue weighted by Gasteiger charge is -2.04. The summed E-state index contributed by atoms with van der Waals surface area (Å²) in [5.41, 5.74) is 5.40. The van der Waals surface area contributed by atoms with E-state index in [4.69, 9.17) is 10.5 Å². The van der Waals surface area contributed by atoms with Crippen molar-refractivity contribution in [1.82, 2.24) is 4.98 Å². The molecule has 0 aromatic carbocycles. The zero-order chi connectivity index (χ0) is 8.97. The molecule has 0 aliphatic carbocycles. The maximum Gasteiger partial charge on any atom is 0.254 e. The third-order valence-electron chi connectivity index (χ3n) is 1.32. The average molecular weight is 166 g/mol. The van der Waals surface area contributed by atoms with Gasteiger partial charge in [-0.2, -0.15) is 0 Å². The van der Waals surface area contributed by atoms with E-state index in [2.05, 4.69) is 4.98 Å². The lowest BCUT2D eigenvalue weighted by Crippen LogP contribution is -2.13. The van der Waals surface area contributed by atoms with Crippen LogP contribution >= 0.6 is 0 Å². The fourth-order valence-corrected chi connectivity index (χ4v) is 0.830. The maximum absolute atomic E-state index is 10.8. The summed E-state index contributed by atoms with van der Waals surface area (Å²) in [6.07, 6.45) is 1.55. The number of pyridine rings is 1. The quantitative estimate of drug-likeness (QED) is 0.714. The lowest BCUT2D eigenvalue weighted by molar-refractivity contribution is 0.0996. The maximum atomic E-state index is 10.8. The molecule has 0 atom stereocenters. The number of carbonyl (C=O) groups is 1. The number of rotatable bonds is 3. The molecule has 1 amide bonds. The molecule has 0 aliphatic rings. The highest BCUT2D eigenvalue weighted by molar-refractivity contribution is 5.94. The van der Waals surface area contributed by atoms with Gasteiger partial charge in [0.05, 0.1) is 6.61 Å². The van der Waals surface area contributed by atoms with Crippen LogP contribution in [0, 0.1) is 0 Å². The first-order chi connectivity index (χ1) is 5.75. The Morgan fingerprint density at radius 1 is 1.75 bits per heavy atom. The van der Waals surface area contributed by atoms with E-state index in [-0.39, 0.29) is 0 Å². The molecule has 0 saturated heterocycles. The molecule has 0 bridgehead atoms. The van der Waals surface area contributed by atoms with Crippen molar-refractivity contribution < 1.29 is 9.53 Å². The summed E-state index contributed by atoms with van der Waals surface area (Å²) < 4.78 is 5.09. The Bertz CT molecular complexity index is 286. The highest BCUT2D eigenvalue weighted by Crippen LogP contribution is 2.12. The summed E-state index contributed by atoms with van der Waals surface area (Å²) in [5.74, 6) is -0.223. The predicted molar refractivity (Wildman–Crippen MR) is 43.9 cm³/mol. The third kappa shape index (κ3) is 1.72.